The molecular weight excluding hydrogens is 433 g/mol. The highest BCUT2D eigenvalue weighted by molar-refractivity contribution is 7.10. The van der Waals surface area contributed by atoms with Crippen LogP contribution in [-0.2, 0) is 11.0 Å². The van der Waals surface area contributed by atoms with Crippen LogP contribution in [0.5, 0.6) is 0 Å². The number of carbonyl (C=O) groups excluding carboxylic acids is 3. The number of halogens is 3. The van der Waals surface area contributed by atoms with Gasteiger partial charge in [-0.3, -0.25) is 9.59 Å². The Hall–Kier alpha value is -3.08. The number of nitrogens with one attached hydrogen (secondary N) is 1. The molecule has 1 fully saturated rings. The summed E-state index contributed by atoms with van der Waals surface area (Å²) < 4.78 is 39.6. The maximum absolute atomic E-state index is 13.2. The first-order chi connectivity index (χ1) is 14.7. The van der Waals surface area contributed by atoms with E-state index in [-0.39, 0.29) is 38.5 Å². The summed E-state index contributed by atoms with van der Waals surface area (Å²) in [4.78, 5) is 40.3. The van der Waals surface area contributed by atoms with Gasteiger partial charge in [0.15, 0.2) is 0 Å². The lowest BCUT2D eigenvalue weighted by molar-refractivity contribution is -0.138. The molecule has 0 saturated carbocycles. The molecule has 1 aromatic carbocycles. The van der Waals surface area contributed by atoms with E-state index < -0.39 is 35.3 Å². The van der Waals surface area contributed by atoms with Gasteiger partial charge in [-0.25, -0.2) is 4.79 Å². The Kier molecular flexibility index (Phi) is 6.84. The summed E-state index contributed by atoms with van der Waals surface area (Å²) in [6.07, 6.45) is -4.64. The Bertz CT molecular complexity index is 941. The first-order valence-electron chi connectivity index (χ1n) is 9.49. The van der Waals surface area contributed by atoms with Crippen molar-refractivity contribution in [3.8, 4) is 0 Å². The van der Waals surface area contributed by atoms with Crippen LogP contribution in [0.15, 0.2) is 41.8 Å². The molecule has 0 aliphatic carbocycles. The molecular formula is C20H21F3N4O3S. The first kappa shape index (κ1) is 22.6. The molecule has 11 heteroatoms. The SMILES string of the molecule is NC(=O)NC(CC(=O)N1CCN(C(=O)c2ccccc2C(F)(F)F)CC1)c1cccs1. The van der Waals surface area contributed by atoms with Crippen LogP contribution in [-0.4, -0.2) is 53.8 Å². The molecule has 2 heterocycles. The molecule has 3 rings (SSSR count). The number of carbonyl (C=O) groups is 3. The van der Waals surface area contributed by atoms with Gasteiger partial charge in [-0.15, -0.1) is 11.3 Å². The topological polar surface area (TPSA) is 95.7 Å². The fourth-order valence-corrected chi connectivity index (χ4v) is 4.21. The molecule has 7 nitrogen and oxygen atoms in total. The van der Waals surface area contributed by atoms with E-state index in [9.17, 15) is 27.6 Å². The highest BCUT2D eigenvalue weighted by atomic mass is 32.1. The van der Waals surface area contributed by atoms with E-state index >= 15 is 0 Å². The lowest BCUT2D eigenvalue weighted by Gasteiger charge is -2.35. The van der Waals surface area contributed by atoms with Crippen LogP contribution >= 0.6 is 11.3 Å². The van der Waals surface area contributed by atoms with Gasteiger partial charge in [-0.1, -0.05) is 18.2 Å². The molecule has 1 unspecified atom stereocenters. The van der Waals surface area contributed by atoms with E-state index in [4.69, 9.17) is 5.73 Å². The normalized spacial score (nSPS) is 15.5. The molecule has 0 bridgehead atoms. The zero-order valence-corrected chi connectivity index (χ0v) is 17.2. The Morgan fingerprint density at radius 3 is 2.26 bits per heavy atom. The van der Waals surface area contributed by atoms with Gasteiger partial charge in [0.2, 0.25) is 5.91 Å². The number of thiophene rings is 1. The quantitative estimate of drug-likeness (QED) is 0.727. The van der Waals surface area contributed by atoms with Crippen molar-refractivity contribution in [2.75, 3.05) is 26.2 Å². The van der Waals surface area contributed by atoms with E-state index in [1.54, 1.807) is 12.1 Å². The highest BCUT2D eigenvalue weighted by Gasteiger charge is 2.36. The second-order valence-corrected chi connectivity index (χ2v) is 7.98. The van der Waals surface area contributed by atoms with Gasteiger partial charge in [-0.05, 0) is 23.6 Å². The van der Waals surface area contributed by atoms with Crippen LogP contribution in [0.4, 0.5) is 18.0 Å². The van der Waals surface area contributed by atoms with Crippen molar-refractivity contribution in [1.82, 2.24) is 15.1 Å². The van der Waals surface area contributed by atoms with E-state index in [0.717, 1.165) is 17.0 Å². The maximum Gasteiger partial charge on any atom is 0.417 e. The Morgan fingerprint density at radius 1 is 1.03 bits per heavy atom. The van der Waals surface area contributed by atoms with Gasteiger partial charge in [0, 0.05) is 31.1 Å². The number of amides is 4. The molecule has 1 aliphatic rings. The molecule has 1 aromatic heterocycles. The molecule has 1 saturated heterocycles. The fourth-order valence-electron chi connectivity index (χ4n) is 3.43. The van der Waals surface area contributed by atoms with Crippen LogP contribution in [0.25, 0.3) is 0 Å². The van der Waals surface area contributed by atoms with E-state index in [1.165, 1.54) is 33.3 Å². The molecule has 166 valence electrons. The molecule has 4 amide bonds. The third-order valence-corrected chi connectivity index (χ3v) is 5.95. The number of nitrogens with zero attached hydrogens (tertiary/aromatic N) is 2. The Balaban J connectivity index is 1.62. The summed E-state index contributed by atoms with van der Waals surface area (Å²) in [5, 5.41) is 4.37. The van der Waals surface area contributed by atoms with Crippen molar-refractivity contribution < 1.29 is 27.6 Å². The van der Waals surface area contributed by atoms with Crippen LogP contribution in [0, 0.1) is 0 Å². The van der Waals surface area contributed by atoms with Gasteiger partial charge in [0.25, 0.3) is 5.91 Å². The number of alkyl halides is 3. The summed E-state index contributed by atoms with van der Waals surface area (Å²) in [6.45, 7) is 0.604. The van der Waals surface area contributed by atoms with Crippen molar-refractivity contribution in [1.29, 1.82) is 0 Å². The monoisotopic (exact) mass is 454 g/mol. The minimum atomic E-state index is -4.63. The predicted molar refractivity (Wildman–Crippen MR) is 108 cm³/mol. The standard InChI is InChI=1S/C20H21F3N4O3S/c21-20(22,23)14-5-2-1-4-13(14)18(29)27-9-7-26(8-10-27)17(28)12-15(25-19(24)30)16-6-3-11-31-16/h1-6,11,15H,7-10,12H2,(H3,24,25,30). The number of primary amides is 1. The molecule has 31 heavy (non-hydrogen) atoms. The van der Waals surface area contributed by atoms with E-state index in [2.05, 4.69) is 5.32 Å². The average molecular weight is 454 g/mol. The highest BCUT2D eigenvalue weighted by Crippen LogP contribution is 2.32. The van der Waals surface area contributed by atoms with Crippen LogP contribution in [0.1, 0.15) is 33.3 Å². The molecule has 0 radical (unpaired) electrons. The number of piperazine rings is 1. The first-order valence-corrected chi connectivity index (χ1v) is 10.4. The van der Waals surface area contributed by atoms with Gasteiger partial charge < -0.3 is 20.9 Å². The van der Waals surface area contributed by atoms with Gasteiger partial charge >= 0.3 is 12.2 Å². The third-order valence-electron chi connectivity index (χ3n) is 4.96. The zero-order chi connectivity index (χ0) is 22.6. The maximum atomic E-state index is 13.2. The summed E-state index contributed by atoms with van der Waals surface area (Å²) >= 11 is 1.38. The van der Waals surface area contributed by atoms with Crippen molar-refractivity contribution in [3.63, 3.8) is 0 Å². The van der Waals surface area contributed by atoms with Gasteiger partial charge in [0.05, 0.1) is 23.6 Å². The Morgan fingerprint density at radius 2 is 1.68 bits per heavy atom. The smallest absolute Gasteiger partial charge is 0.352 e. The number of benzene rings is 1. The summed E-state index contributed by atoms with van der Waals surface area (Å²) in [5.41, 5.74) is 3.83. The molecule has 3 N–H and O–H groups in total. The number of hydrogen-bond donors (Lipinski definition) is 2. The number of hydrogen-bond acceptors (Lipinski definition) is 4. The third kappa shape index (κ3) is 5.54. The average Bonchev–Trinajstić information content (AvgIpc) is 3.27. The van der Waals surface area contributed by atoms with Crippen molar-refractivity contribution in [3.05, 3.63) is 57.8 Å². The number of nitrogens with two attached hydrogens (primary N) is 1. The zero-order valence-electron chi connectivity index (χ0n) is 16.4. The Labute approximate surface area is 180 Å². The summed E-state index contributed by atoms with van der Waals surface area (Å²) in [5.74, 6) is -0.957. The summed E-state index contributed by atoms with van der Waals surface area (Å²) in [6, 6.07) is 6.93. The lowest BCUT2D eigenvalue weighted by atomic mass is 10.1. The van der Waals surface area contributed by atoms with E-state index in [1.807, 2.05) is 5.38 Å². The number of urea groups is 1. The largest absolute Gasteiger partial charge is 0.417 e. The van der Waals surface area contributed by atoms with Crippen molar-refractivity contribution in [2.24, 2.45) is 5.73 Å². The minimum Gasteiger partial charge on any atom is -0.352 e. The van der Waals surface area contributed by atoms with Gasteiger partial charge in [0.1, 0.15) is 0 Å². The van der Waals surface area contributed by atoms with Gasteiger partial charge in [-0.2, -0.15) is 13.2 Å². The second-order valence-electron chi connectivity index (χ2n) is 7.00. The minimum absolute atomic E-state index is 0.00565. The second kappa shape index (κ2) is 9.38. The van der Waals surface area contributed by atoms with E-state index in [0.29, 0.717) is 0 Å². The number of rotatable bonds is 5. The van der Waals surface area contributed by atoms with Crippen LogP contribution in [0.3, 0.4) is 0 Å². The van der Waals surface area contributed by atoms with Crippen molar-refractivity contribution >= 4 is 29.2 Å². The lowest BCUT2D eigenvalue weighted by Crippen LogP contribution is -2.51. The molecule has 1 atom stereocenters. The molecule has 1 aliphatic heterocycles. The van der Waals surface area contributed by atoms with Crippen molar-refractivity contribution in [2.45, 2.75) is 18.6 Å². The molecule has 2 aromatic rings. The fraction of sp³-hybridized carbons (Fsp3) is 0.350. The van der Waals surface area contributed by atoms with Crippen LogP contribution < -0.4 is 11.1 Å². The predicted octanol–water partition coefficient (Wildman–Crippen LogP) is 2.85. The summed E-state index contributed by atoms with van der Waals surface area (Å²) in [7, 11) is 0. The molecule has 0 spiro atoms. The van der Waals surface area contributed by atoms with Crippen LogP contribution in [0.2, 0.25) is 0 Å².